The molecule has 0 fully saturated rings. The molecular formula is C17H35. The molecule has 0 saturated carbocycles. The van der Waals surface area contributed by atoms with Crippen LogP contribution in [0.1, 0.15) is 97.8 Å². The van der Waals surface area contributed by atoms with E-state index in [9.17, 15) is 0 Å². The lowest BCUT2D eigenvalue weighted by molar-refractivity contribution is 0.283. The summed E-state index contributed by atoms with van der Waals surface area (Å²) >= 11 is 0. The molecule has 17 heavy (non-hydrogen) atoms. The number of hydrogen-bond acceptors (Lipinski definition) is 0. The number of unbranched alkanes of at least 4 members (excludes halogenated alkanes) is 8. The van der Waals surface area contributed by atoms with Crippen LogP contribution in [0.25, 0.3) is 0 Å². The third-order valence-electron chi connectivity index (χ3n) is 3.81. The van der Waals surface area contributed by atoms with E-state index in [1.54, 1.807) is 0 Å². The first-order valence-corrected chi connectivity index (χ1v) is 7.91. The molecule has 0 aliphatic heterocycles. The van der Waals surface area contributed by atoms with Crippen molar-refractivity contribution < 1.29 is 0 Å². The van der Waals surface area contributed by atoms with Gasteiger partial charge in [0.2, 0.25) is 0 Å². The molecule has 0 atom stereocenters. The van der Waals surface area contributed by atoms with E-state index in [-0.39, 0.29) is 0 Å². The topological polar surface area (TPSA) is 0 Å². The third kappa shape index (κ3) is 12.2. The highest BCUT2D eigenvalue weighted by atomic mass is 14.2. The van der Waals surface area contributed by atoms with Gasteiger partial charge in [-0.25, -0.2) is 0 Å². The Bertz CT molecular complexity index is 146. The Morgan fingerprint density at radius 3 is 1.71 bits per heavy atom. The minimum absolute atomic E-state index is 0.586. The zero-order valence-electron chi connectivity index (χ0n) is 12.7. The summed E-state index contributed by atoms with van der Waals surface area (Å²) in [6.07, 6.45) is 16.6. The summed E-state index contributed by atoms with van der Waals surface area (Å²) in [5.41, 5.74) is 0.586. The molecule has 0 spiro atoms. The predicted octanol–water partition coefficient (Wildman–Crippen LogP) is 6.55. The monoisotopic (exact) mass is 239 g/mol. The maximum Gasteiger partial charge on any atom is -0.0354 e. The molecule has 0 aliphatic carbocycles. The van der Waals surface area contributed by atoms with Gasteiger partial charge in [0.15, 0.2) is 0 Å². The van der Waals surface area contributed by atoms with E-state index >= 15 is 0 Å². The molecule has 1 radical (unpaired) electrons. The van der Waals surface area contributed by atoms with Gasteiger partial charge in [-0.15, -0.1) is 0 Å². The Labute approximate surface area is 111 Å². The number of rotatable bonds is 12. The van der Waals surface area contributed by atoms with Crippen LogP contribution in [0.15, 0.2) is 0 Å². The second kappa shape index (κ2) is 11.1. The van der Waals surface area contributed by atoms with E-state index in [4.69, 9.17) is 0 Å². The molecule has 0 aromatic carbocycles. The standard InChI is InChI=1S/C17H35/c1-5-7-9-10-11-12-14-16-17(3,4)15-13-8-6-2/h1,5-16H2,2-4H3. The fraction of sp³-hybridized carbons (Fsp3) is 0.941. The van der Waals surface area contributed by atoms with E-state index in [1.165, 1.54) is 70.6 Å². The molecule has 0 N–H and O–H groups in total. The van der Waals surface area contributed by atoms with Crippen LogP contribution in [-0.4, -0.2) is 0 Å². The molecule has 0 aromatic rings. The molecule has 0 heteroatoms. The van der Waals surface area contributed by atoms with Gasteiger partial charge in [-0.05, 0) is 18.3 Å². The van der Waals surface area contributed by atoms with Crippen molar-refractivity contribution in [2.75, 3.05) is 0 Å². The average Bonchev–Trinajstić information content (AvgIpc) is 2.28. The van der Waals surface area contributed by atoms with Crippen molar-refractivity contribution in [3.05, 3.63) is 6.92 Å². The Kier molecular flexibility index (Phi) is 11.1. The lowest BCUT2D eigenvalue weighted by Crippen LogP contribution is -2.10. The summed E-state index contributed by atoms with van der Waals surface area (Å²) in [6, 6.07) is 0. The second-order valence-corrected chi connectivity index (χ2v) is 6.35. The molecule has 0 nitrogen and oxygen atoms in total. The minimum Gasteiger partial charge on any atom is -0.0654 e. The van der Waals surface area contributed by atoms with Crippen LogP contribution in [-0.2, 0) is 0 Å². The Morgan fingerprint density at radius 2 is 1.18 bits per heavy atom. The van der Waals surface area contributed by atoms with Gasteiger partial charge in [-0.3, -0.25) is 0 Å². The van der Waals surface area contributed by atoms with Crippen molar-refractivity contribution in [1.29, 1.82) is 0 Å². The Balaban J connectivity index is 3.32. The zero-order valence-corrected chi connectivity index (χ0v) is 12.7. The minimum atomic E-state index is 0.586. The van der Waals surface area contributed by atoms with Crippen LogP contribution in [0.5, 0.6) is 0 Å². The summed E-state index contributed by atoms with van der Waals surface area (Å²) in [4.78, 5) is 0. The third-order valence-corrected chi connectivity index (χ3v) is 3.81. The van der Waals surface area contributed by atoms with Crippen LogP contribution < -0.4 is 0 Å². The molecule has 0 unspecified atom stereocenters. The normalized spacial score (nSPS) is 12.0. The molecule has 103 valence electrons. The van der Waals surface area contributed by atoms with E-state index in [2.05, 4.69) is 27.7 Å². The fourth-order valence-electron chi connectivity index (χ4n) is 2.47. The largest absolute Gasteiger partial charge is 0.0654 e. The number of hydrogen-bond donors (Lipinski definition) is 0. The maximum atomic E-state index is 3.89. The lowest BCUT2D eigenvalue weighted by atomic mass is 9.82. The summed E-state index contributed by atoms with van der Waals surface area (Å²) in [5.74, 6) is 0. The van der Waals surface area contributed by atoms with E-state index < -0.39 is 0 Å². The van der Waals surface area contributed by atoms with Crippen molar-refractivity contribution in [3.63, 3.8) is 0 Å². The van der Waals surface area contributed by atoms with E-state index in [0.29, 0.717) is 5.41 Å². The first-order chi connectivity index (χ1) is 8.12. The highest BCUT2D eigenvalue weighted by Gasteiger charge is 2.16. The second-order valence-electron chi connectivity index (χ2n) is 6.35. The van der Waals surface area contributed by atoms with Gasteiger partial charge >= 0.3 is 0 Å². The van der Waals surface area contributed by atoms with Crippen molar-refractivity contribution >= 4 is 0 Å². The highest BCUT2D eigenvalue weighted by Crippen LogP contribution is 2.30. The van der Waals surface area contributed by atoms with Gasteiger partial charge in [-0.1, -0.05) is 91.9 Å². The summed E-state index contributed by atoms with van der Waals surface area (Å²) in [5, 5.41) is 0. The molecule has 0 heterocycles. The van der Waals surface area contributed by atoms with Gasteiger partial charge in [0.25, 0.3) is 0 Å². The SMILES string of the molecule is [CH2]CCCCCCCCC(C)(C)CCCCC. The van der Waals surface area contributed by atoms with Crippen LogP contribution in [0.2, 0.25) is 0 Å². The molecule has 0 saturated heterocycles. The maximum absolute atomic E-state index is 3.89. The van der Waals surface area contributed by atoms with Gasteiger partial charge in [-0.2, -0.15) is 0 Å². The van der Waals surface area contributed by atoms with Crippen LogP contribution >= 0.6 is 0 Å². The van der Waals surface area contributed by atoms with Crippen LogP contribution in [0.3, 0.4) is 0 Å². The van der Waals surface area contributed by atoms with Gasteiger partial charge < -0.3 is 0 Å². The average molecular weight is 239 g/mol. The van der Waals surface area contributed by atoms with Crippen molar-refractivity contribution in [2.45, 2.75) is 97.8 Å². The summed E-state index contributed by atoms with van der Waals surface area (Å²) in [7, 11) is 0. The van der Waals surface area contributed by atoms with Gasteiger partial charge in [0.1, 0.15) is 0 Å². The molecular weight excluding hydrogens is 204 g/mol. The van der Waals surface area contributed by atoms with Crippen molar-refractivity contribution in [3.8, 4) is 0 Å². The lowest BCUT2D eigenvalue weighted by Gasteiger charge is -2.24. The van der Waals surface area contributed by atoms with E-state index in [1.807, 2.05) is 0 Å². The van der Waals surface area contributed by atoms with E-state index in [0.717, 1.165) is 6.42 Å². The Morgan fingerprint density at radius 1 is 0.706 bits per heavy atom. The van der Waals surface area contributed by atoms with Crippen LogP contribution in [0.4, 0.5) is 0 Å². The molecule has 0 amide bonds. The first kappa shape index (κ1) is 17.0. The van der Waals surface area contributed by atoms with Gasteiger partial charge in [0.05, 0.1) is 0 Å². The quantitative estimate of drug-likeness (QED) is 0.339. The molecule has 0 aliphatic rings. The van der Waals surface area contributed by atoms with Crippen molar-refractivity contribution in [2.24, 2.45) is 5.41 Å². The molecule has 0 rings (SSSR count). The smallest absolute Gasteiger partial charge is 0.0354 e. The predicted molar refractivity (Wildman–Crippen MR) is 80.2 cm³/mol. The molecule has 0 bridgehead atoms. The fourth-order valence-corrected chi connectivity index (χ4v) is 2.47. The summed E-state index contributed by atoms with van der Waals surface area (Å²) in [6.45, 7) is 11.1. The Hall–Kier alpha value is 0. The summed E-state index contributed by atoms with van der Waals surface area (Å²) < 4.78 is 0. The van der Waals surface area contributed by atoms with Gasteiger partial charge in [0, 0.05) is 0 Å². The highest BCUT2D eigenvalue weighted by molar-refractivity contribution is 4.68. The molecule has 0 aromatic heterocycles. The first-order valence-electron chi connectivity index (χ1n) is 7.91. The van der Waals surface area contributed by atoms with Crippen molar-refractivity contribution in [1.82, 2.24) is 0 Å². The van der Waals surface area contributed by atoms with Crippen LogP contribution in [0, 0.1) is 12.3 Å². The zero-order chi connectivity index (χ0) is 13.0.